The Bertz CT molecular complexity index is 434. The van der Waals surface area contributed by atoms with Gasteiger partial charge in [-0.3, -0.25) is 0 Å². The predicted octanol–water partition coefficient (Wildman–Crippen LogP) is 3.14. The summed E-state index contributed by atoms with van der Waals surface area (Å²) in [6.07, 6.45) is 5.02. The van der Waals surface area contributed by atoms with Gasteiger partial charge in [0.1, 0.15) is 0 Å². The van der Waals surface area contributed by atoms with Crippen molar-refractivity contribution in [3.8, 4) is 0 Å². The Morgan fingerprint density at radius 1 is 1.00 bits per heavy atom. The summed E-state index contributed by atoms with van der Waals surface area (Å²) < 4.78 is 27.4. The normalized spacial score (nSPS) is 11.6. The van der Waals surface area contributed by atoms with E-state index in [-0.39, 0.29) is 5.75 Å². The number of nitrogens with one attached hydrogen (secondary N) is 1. The molecule has 1 N–H and O–H groups in total. The van der Waals surface area contributed by atoms with Gasteiger partial charge < -0.3 is 0 Å². The Morgan fingerprint density at radius 3 is 2.37 bits per heavy atom. The maximum absolute atomic E-state index is 11.8. The Morgan fingerprint density at radius 2 is 1.68 bits per heavy atom. The van der Waals surface area contributed by atoms with Crippen LogP contribution in [-0.2, 0) is 16.4 Å². The molecule has 0 spiro atoms. The average molecular weight is 395 g/mol. The topological polar surface area (TPSA) is 46.2 Å². The second-order valence-corrected chi connectivity index (χ2v) is 7.56. The molecule has 0 unspecified atom stereocenters. The van der Waals surface area contributed by atoms with E-state index in [9.17, 15) is 8.42 Å². The van der Waals surface area contributed by atoms with Crippen molar-refractivity contribution >= 4 is 32.6 Å². The van der Waals surface area contributed by atoms with Gasteiger partial charge in [-0.2, -0.15) is 0 Å². The molecule has 0 atom stereocenters. The monoisotopic (exact) mass is 395 g/mol. The molecule has 0 aliphatic carbocycles. The minimum atomic E-state index is -3.12. The molecule has 0 aliphatic heterocycles. The van der Waals surface area contributed by atoms with Gasteiger partial charge in [-0.1, -0.05) is 65.8 Å². The summed E-state index contributed by atoms with van der Waals surface area (Å²) >= 11 is 2.37. The zero-order valence-electron chi connectivity index (χ0n) is 11.1. The number of aryl methyl sites for hydroxylation is 1. The van der Waals surface area contributed by atoms with Crippen LogP contribution in [0, 0.1) is 0 Å². The first kappa shape index (κ1) is 16.9. The molecule has 0 aliphatic rings. The number of unbranched alkanes of at least 4 members (excludes halogenated alkanes) is 3. The maximum Gasteiger partial charge on any atom is 0.211 e. The van der Waals surface area contributed by atoms with Crippen LogP contribution in [0.25, 0.3) is 0 Å². The van der Waals surface area contributed by atoms with Gasteiger partial charge in [0.15, 0.2) is 0 Å². The lowest BCUT2D eigenvalue weighted by atomic mass is 10.2. The number of hydrogen-bond acceptors (Lipinski definition) is 2. The highest BCUT2D eigenvalue weighted by atomic mass is 127. The Balaban J connectivity index is 2.17. The largest absolute Gasteiger partial charge is 0.215 e. The zero-order valence-corrected chi connectivity index (χ0v) is 14.1. The molecular formula is C14H22INO2S. The van der Waals surface area contributed by atoms with Crippen LogP contribution in [0.15, 0.2) is 30.3 Å². The molecule has 1 aromatic rings. The van der Waals surface area contributed by atoms with E-state index in [1.165, 1.54) is 17.3 Å². The molecule has 3 nitrogen and oxygen atoms in total. The van der Waals surface area contributed by atoms with E-state index in [2.05, 4.69) is 27.3 Å². The summed E-state index contributed by atoms with van der Waals surface area (Å²) in [6.45, 7) is 0.568. The highest BCUT2D eigenvalue weighted by molar-refractivity contribution is 14.1. The molecule has 1 rings (SSSR count). The average Bonchev–Trinajstić information content (AvgIpc) is 2.42. The van der Waals surface area contributed by atoms with Crippen LogP contribution in [0.2, 0.25) is 0 Å². The standard InChI is InChI=1S/C14H22INO2S/c15-11-6-1-2-7-12-16-19(17,18)13-10-14-8-4-3-5-9-14/h3-5,8-9,16H,1-2,6-7,10-13H2. The first-order chi connectivity index (χ1) is 9.14. The third-order valence-electron chi connectivity index (χ3n) is 2.88. The maximum atomic E-state index is 11.8. The van der Waals surface area contributed by atoms with Crippen molar-refractivity contribution < 1.29 is 8.42 Å². The van der Waals surface area contributed by atoms with Gasteiger partial charge in [0.2, 0.25) is 10.0 Å². The molecule has 108 valence electrons. The Hall–Kier alpha value is -0.140. The second-order valence-electron chi connectivity index (χ2n) is 4.55. The van der Waals surface area contributed by atoms with Crippen molar-refractivity contribution in [3.05, 3.63) is 35.9 Å². The van der Waals surface area contributed by atoms with Gasteiger partial charge >= 0.3 is 0 Å². The van der Waals surface area contributed by atoms with Gasteiger partial charge in [0.05, 0.1) is 5.75 Å². The Kier molecular flexibility index (Phi) is 8.65. The molecule has 5 heteroatoms. The molecule has 19 heavy (non-hydrogen) atoms. The lowest BCUT2D eigenvalue weighted by Gasteiger charge is -2.06. The molecule has 0 fully saturated rings. The molecule has 0 saturated carbocycles. The van der Waals surface area contributed by atoms with Crippen molar-refractivity contribution in [1.29, 1.82) is 0 Å². The minimum absolute atomic E-state index is 0.171. The Labute approximate surface area is 130 Å². The molecule has 0 aromatic heterocycles. The van der Waals surface area contributed by atoms with E-state index < -0.39 is 10.0 Å². The third-order valence-corrected chi connectivity index (χ3v) is 5.03. The summed E-state index contributed by atoms with van der Waals surface area (Å²) in [4.78, 5) is 0. The minimum Gasteiger partial charge on any atom is -0.215 e. The van der Waals surface area contributed by atoms with E-state index in [1.807, 2.05) is 30.3 Å². The van der Waals surface area contributed by atoms with E-state index in [4.69, 9.17) is 0 Å². The van der Waals surface area contributed by atoms with Gasteiger partial charge in [0, 0.05) is 6.54 Å². The third kappa shape index (κ3) is 8.60. The van der Waals surface area contributed by atoms with Crippen molar-refractivity contribution in [1.82, 2.24) is 4.72 Å². The first-order valence-electron chi connectivity index (χ1n) is 6.71. The molecule has 1 aromatic carbocycles. The lowest BCUT2D eigenvalue weighted by molar-refractivity contribution is 0.573. The summed E-state index contributed by atoms with van der Waals surface area (Å²) in [5.74, 6) is 0.171. The fourth-order valence-electron chi connectivity index (χ4n) is 1.77. The number of alkyl halides is 1. The summed E-state index contributed by atoms with van der Waals surface area (Å²) in [7, 11) is -3.12. The smallest absolute Gasteiger partial charge is 0.211 e. The van der Waals surface area contributed by atoms with Gasteiger partial charge in [-0.05, 0) is 29.3 Å². The quantitative estimate of drug-likeness (QED) is 0.376. The van der Waals surface area contributed by atoms with Crippen molar-refractivity contribution in [3.63, 3.8) is 0 Å². The van der Waals surface area contributed by atoms with Crippen LogP contribution in [-0.4, -0.2) is 25.1 Å². The molecule has 0 heterocycles. The highest BCUT2D eigenvalue weighted by Gasteiger charge is 2.09. The van der Waals surface area contributed by atoms with E-state index in [0.29, 0.717) is 13.0 Å². The molecule has 0 saturated heterocycles. The van der Waals surface area contributed by atoms with Crippen molar-refractivity contribution in [2.24, 2.45) is 0 Å². The zero-order chi connectivity index (χ0) is 14.0. The first-order valence-corrected chi connectivity index (χ1v) is 9.89. The number of halogens is 1. The molecular weight excluding hydrogens is 373 g/mol. The fourth-order valence-corrected chi connectivity index (χ4v) is 3.41. The van der Waals surface area contributed by atoms with E-state index >= 15 is 0 Å². The van der Waals surface area contributed by atoms with E-state index in [1.54, 1.807) is 0 Å². The summed E-state index contributed by atoms with van der Waals surface area (Å²) in [5, 5.41) is 0. The van der Waals surface area contributed by atoms with Gasteiger partial charge in [-0.15, -0.1) is 0 Å². The molecule has 0 radical (unpaired) electrons. The molecule has 0 bridgehead atoms. The SMILES string of the molecule is O=S(=O)(CCc1ccccc1)NCCCCCCI. The van der Waals surface area contributed by atoms with Crippen LogP contribution in [0.5, 0.6) is 0 Å². The lowest BCUT2D eigenvalue weighted by Crippen LogP contribution is -2.28. The molecule has 0 amide bonds. The van der Waals surface area contributed by atoms with Gasteiger partial charge in [0.25, 0.3) is 0 Å². The van der Waals surface area contributed by atoms with E-state index in [0.717, 1.165) is 18.4 Å². The second kappa shape index (κ2) is 9.72. The van der Waals surface area contributed by atoms with Crippen molar-refractivity contribution in [2.75, 3.05) is 16.7 Å². The number of rotatable bonds is 10. The van der Waals surface area contributed by atoms with Crippen LogP contribution < -0.4 is 4.72 Å². The van der Waals surface area contributed by atoms with Crippen LogP contribution in [0.4, 0.5) is 0 Å². The van der Waals surface area contributed by atoms with Gasteiger partial charge in [-0.25, -0.2) is 13.1 Å². The summed E-state index contributed by atoms with van der Waals surface area (Å²) in [6, 6.07) is 9.72. The van der Waals surface area contributed by atoms with Crippen LogP contribution >= 0.6 is 22.6 Å². The fraction of sp³-hybridized carbons (Fsp3) is 0.571. The van der Waals surface area contributed by atoms with Crippen molar-refractivity contribution in [2.45, 2.75) is 32.1 Å². The van der Waals surface area contributed by atoms with Crippen LogP contribution in [0.3, 0.4) is 0 Å². The highest BCUT2D eigenvalue weighted by Crippen LogP contribution is 2.03. The summed E-state index contributed by atoms with van der Waals surface area (Å²) in [5.41, 5.74) is 1.06. The number of benzene rings is 1. The number of hydrogen-bond donors (Lipinski definition) is 1. The predicted molar refractivity (Wildman–Crippen MR) is 89.3 cm³/mol. The number of sulfonamides is 1. The van der Waals surface area contributed by atoms with Crippen LogP contribution in [0.1, 0.15) is 31.2 Å².